The third kappa shape index (κ3) is 4.98. The van der Waals surface area contributed by atoms with Crippen molar-refractivity contribution < 1.29 is 28.4 Å². The first-order chi connectivity index (χ1) is 13.7. The minimum atomic E-state index is -3.87. The van der Waals surface area contributed by atoms with Crippen molar-refractivity contribution in [3.63, 3.8) is 0 Å². The summed E-state index contributed by atoms with van der Waals surface area (Å²) in [6.45, 7) is 0. The van der Waals surface area contributed by atoms with E-state index in [1.807, 2.05) is 0 Å². The zero-order chi connectivity index (χ0) is 21.6. The molecule has 0 aliphatic carbocycles. The Bertz CT molecular complexity index is 996. The van der Waals surface area contributed by atoms with Crippen LogP contribution in [0.1, 0.15) is 0 Å². The molecule has 0 fully saturated rings. The Labute approximate surface area is 164 Å². The van der Waals surface area contributed by atoms with E-state index in [0.717, 1.165) is 0 Å². The zero-order valence-electron chi connectivity index (χ0n) is 14.6. The summed E-state index contributed by atoms with van der Waals surface area (Å²) >= 11 is 0. The fourth-order valence-corrected chi connectivity index (χ4v) is 3.31. The summed E-state index contributed by atoms with van der Waals surface area (Å²) in [5.41, 5.74) is 10.8. The number of hydrogen-bond donors (Lipinski definition) is 6. The summed E-state index contributed by atoms with van der Waals surface area (Å²) in [5, 5.41) is 26.6. The van der Waals surface area contributed by atoms with Gasteiger partial charge in [-0.1, -0.05) is 10.3 Å². The topological polar surface area (TPSA) is 210 Å². The molecule has 0 saturated carbocycles. The van der Waals surface area contributed by atoms with Crippen molar-refractivity contribution in [2.75, 3.05) is 10.6 Å². The molecule has 0 unspecified atom stereocenters. The van der Waals surface area contributed by atoms with Crippen LogP contribution < -0.4 is 22.1 Å². The van der Waals surface area contributed by atoms with Crippen LogP contribution in [0, 0.1) is 0 Å². The number of carbonyl (C=O) groups excluding carboxylic acids is 2. The maximum atomic E-state index is 12.7. The van der Waals surface area contributed by atoms with Gasteiger partial charge in [0.25, 0.3) is 11.8 Å². The van der Waals surface area contributed by atoms with Crippen molar-refractivity contribution >= 4 is 44.7 Å². The van der Waals surface area contributed by atoms with Gasteiger partial charge in [-0.2, -0.15) is 0 Å². The number of nitrogens with one attached hydrogen (secondary N) is 2. The third-order valence-electron chi connectivity index (χ3n) is 3.53. The van der Waals surface area contributed by atoms with Crippen molar-refractivity contribution in [2.24, 2.45) is 21.8 Å². The van der Waals surface area contributed by atoms with Gasteiger partial charge >= 0.3 is 0 Å². The Kier molecular flexibility index (Phi) is 6.36. The van der Waals surface area contributed by atoms with E-state index in [0.29, 0.717) is 0 Å². The van der Waals surface area contributed by atoms with Gasteiger partial charge in [0.05, 0.1) is 9.79 Å². The molecule has 0 aromatic heterocycles. The second-order valence-electron chi connectivity index (χ2n) is 5.43. The van der Waals surface area contributed by atoms with Gasteiger partial charge in [-0.25, -0.2) is 8.42 Å². The van der Waals surface area contributed by atoms with Gasteiger partial charge in [-0.05, 0) is 48.5 Å². The Hall–Kier alpha value is -4.13. The average molecular weight is 420 g/mol. The van der Waals surface area contributed by atoms with E-state index in [1.54, 1.807) is 0 Å². The van der Waals surface area contributed by atoms with E-state index in [-0.39, 0.29) is 21.2 Å². The number of amides is 2. The predicted octanol–water partition coefficient (Wildman–Crippen LogP) is -0.111. The molecule has 12 nitrogen and oxygen atoms in total. The second kappa shape index (κ2) is 8.71. The van der Waals surface area contributed by atoms with Gasteiger partial charge in [0, 0.05) is 11.4 Å². The zero-order valence-corrected chi connectivity index (χ0v) is 15.4. The van der Waals surface area contributed by atoms with Gasteiger partial charge in [0.15, 0.2) is 0 Å². The van der Waals surface area contributed by atoms with Crippen molar-refractivity contribution in [1.29, 1.82) is 0 Å². The molecular formula is C16H16N6O6S. The van der Waals surface area contributed by atoms with Crippen molar-refractivity contribution in [2.45, 2.75) is 9.79 Å². The maximum Gasteiger partial charge on any atom is 0.294 e. The number of benzene rings is 2. The van der Waals surface area contributed by atoms with E-state index in [4.69, 9.17) is 21.9 Å². The number of oxime groups is 2. The van der Waals surface area contributed by atoms with Gasteiger partial charge in [0.1, 0.15) is 0 Å². The number of nitrogens with two attached hydrogens (primary N) is 2. The highest BCUT2D eigenvalue weighted by molar-refractivity contribution is 7.91. The summed E-state index contributed by atoms with van der Waals surface area (Å²) in [7, 11) is -3.87. The lowest BCUT2D eigenvalue weighted by atomic mass is 10.3. The summed E-state index contributed by atoms with van der Waals surface area (Å²) in [6.07, 6.45) is 0. The van der Waals surface area contributed by atoms with E-state index >= 15 is 0 Å². The largest absolute Gasteiger partial charge is 0.409 e. The molecule has 0 radical (unpaired) electrons. The SMILES string of the molecule is N/C(=N\O)C(=O)Nc1ccc(S(=O)(=O)c2ccc(NC(=O)/C(N)=N/O)cc2)cc1. The molecule has 8 N–H and O–H groups in total. The summed E-state index contributed by atoms with van der Waals surface area (Å²) in [4.78, 5) is 22.9. The van der Waals surface area contributed by atoms with Crippen LogP contribution in [0.5, 0.6) is 0 Å². The average Bonchev–Trinajstić information content (AvgIpc) is 2.73. The first-order valence-corrected chi connectivity index (χ1v) is 9.20. The third-order valence-corrected chi connectivity index (χ3v) is 5.31. The van der Waals surface area contributed by atoms with Gasteiger partial charge in [-0.15, -0.1) is 0 Å². The maximum absolute atomic E-state index is 12.7. The molecule has 0 saturated heterocycles. The summed E-state index contributed by atoms with van der Waals surface area (Å²) in [5.74, 6) is -3.01. The monoisotopic (exact) mass is 420 g/mol. The van der Waals surface area contributed by atoms with Crippen LogP contribution in [0.2, 0.25) is 0 Å². The van der Waals surface area contributed by atoms with Crippen LogP contribution in [0.3, 0.4) is 0 Å². The number of carbonyl (C=O) groups is 2. The van der Waals surface area contributed by atoms with Crippen LogP contribution >= 0.6 is 0 Å². The number of sulfone groups is 1. The highest BCUT2D eigenvalue weighted by atomic mass is 32.2. The van der Waals surface area contributed by atoms with E-state index in [9.17, 15) is 18.0 Å². The number of nitrogens with zero attached hydrogens (tertiary/aromatic N) is 2. The normalized spacial score (nSPS) is 12.3. The molecule has 29 heavy (non-hydrogen) atoms. The molecule has 0 aliphatic heterocycles. The van der Waals surface area contributed by atoms with Crippen LogP contribution in [-0.2, 0) is 19.4 Å². The molecule has 0 atom stereocenters. The lowest BCUT2D eigenvalue weighted by molar-refractivity contribution is -0.111. The fraction of sp³-hybridized carbons (Fsp3) is 0. The lowest BCUT2D eigenvalue weighted by Gasteiger charge is -2.08. The Morgan fingerprint density at radius 2 is 1.03 bits per heavy atom. The first kappa shape index (κ1) is 21.2. The van der Waals surface area contributed by atoms with Gasteiger partial charge in [-0.3, -0.25) is 9.59 Å². The molecule has 0 heterocycles. The molecule has 13 heteroatoms. The molecular weight excluding hydrogens is 404 g/mol. The fourth-order valence-electron chi connectivity index (χ4n) is 2.05. The Balaban J connectivity index is 2.18. The van der Waals surface area contributed by atoms with E-state index in [2.05, 4.69) is 20.9 Å². The standard InChI is InChI=1S/C16H16N6O6S/c17-13(21-25)15(23)19-9-1-5-11(6-2-9)29(27,28)12-7-3-10(4-8-12)20-16(24)14(18)22-26/h1-8,25-26H,(H2,17,21)(H2,18,22)(H,19,23)(H,20,24). The molecule has 152 valence electrons. The molecule has 2 aromatic carbocycles. The lowest BCUT2D eigenvalue weighted by Crippen LogP contribution is -2.30. The summed E-state index contributed by atoms with van der Waals surface area (Å²) in [6, 6.07) is 10.4. The molecule has 0 spiro atoms. The molecule has 0 bridgehead atoms. The number of amidine groups is 2. The van der Waals surface area contributed by atoms with Crippen LogP contribution in [0.15, 0.2) is 68.6 Å². The smallest absolute Gasteiger partial charge is 0.294 e. The highest BCUT2D eigenvalue weighted by Gasteiger charge is 2.18. The van der Waals surface area contributed by atoms with E-state index < -0.39 is 33.3 Å². The minimum absolute atomic E-state index is 0.0484. The van der Waals surface area contributed by atoms with E-state index in [1.165, 1.54) is 48.5 Å². The van der Waals surface area contributed by atoms with Crippen LogP contribution in [0.4, 0.5) is 11.4 Å². The minimum Gasteiger partial charge on any atom is -0.409 e. The molecule has 2 amide bonds. The summed E-state index contributed by atoms with van der Waals surface area (Å²) < 4.78 is 25.4. The molecule has 2 rings (SSSR count). The molecule has 0 aliphatic rings. The highest BCUT2D eigenvalue weighted by Crippen LogP contribution is 2.23. The second-order valence-corrected chi connectivity index (χ2v) is 7.38. The van der Waals surface area contributed by atoms with Crippen molar-refractivity contribution in [3.05, 3.63) is 48.5 Å². The predicted molar refractivity (Wildman–Crippen MR) is 102 cm³/mol. The Morgan fingerprint density at radius 3 is 1.31 bits per heavy atom. The van der Waals surface area contributed by atoms with Crippen molar-refractivity contribution in [1.82, 2.24) is 0 Å². The Morgan fingerprint density at radius 1 is 0.724 bits per heavy atom. The number of anilines is 2. The number of rotatable bonds is 4. The first-order valence-electron chi connectivity index (χ1n) is 7.72. The quantitative estimate of drug-likeness (QED) is 0.170. The molecule has 2 aromatic rings. The number of hydrogen-bond acceptors (Lipinski definition) is 8. The van der Waals surface area contributed by atoms with Crippen LogP contribution in [0.25, 0.3) is 0 Å². The van der Waals surface area contributed by atoms with Crippen molar-refractivity contribution in [3.8, 4) is 0 Å². The van der Waals surface area contributed by atoms with Crippen LogP contribution in [-0.4, -0.2) is 42.3 Å². The van der Waals surface area contributed by atoms with Gasteiger partial charge in [0.2, 0.25) is 21.5 Å². The van der Waals surface area contributed by atoms with Gasteiger partial charge < -0.3 is 32.5 Å².